The number of hydrogen-bond acceptors (Lipinski definition) is 3. The average molecular weight is 202 g/mol. The molecule has 0 aliphatic heterocycles. The molecule has 0 aromatic heterocycles. The fraction of sp³-hybridized carbons (Fsp3) is 0.900. The Hall–Kier alpha value is -0.610. The van der Waals surface area contributed by atoms with E-state index in [1.807, 2.05) is 27.7 Å². The van der Waals surface area contributed by atoms with Gasteiger partial charge in [-0.15, -0.1) is 0 Å². The molecule has 0 atom stereocenters. The number of amides is 1. The molecule has 0 spiro atoms. The van der Waals surface area contributed by atoms with Crippen molar-refractivity contribution in [3.05, 3.63) is 0 Å². The van der Waals surface area contributed by atoms with Crippen LogP contribution in [0.1, 0.15) is 34.1 Å². The normalized spacial score (nSPS) is 11.9. The van der Waals surface area contributed by atoms with Crippen LogP contribution in [-0.4, -0.2) is 30.7 Å². The molecule has 0 aromatic carbocycles. The molecule has 84 valence electrons. The minimum atomic E-state index is -0.353. The quantitative estimate of drug-likeness (QED) is 0.665. The Labute approximate surface area is 86.2 Å². The highest BCUT2D eigenvalue weighted by molar-refractivity contribution is 5.76. The summed E-state index contributed by atoms with van der Waals surface area (Å²) in [5.41, 5.74) is 5.36. The molecule has 4 heteroatoms. The third-order valence-corrected chi connectivity index (χ3v) is 1.52. The summed E-state index contributed by atoms with van der Waals surface area (Å²) in [6.07, 6.45) is 0.572. The molecule has 0 radical (unpaired) electrons. The van der Waals surface area contributed by atoms with E-state index in [1.165, 1.54) is 0 Å². The summed E-state index contributed by atoms with van der Waals surface area (Å²) in [5.74, 6) is -0.0100. The molecular formula is C10H22N2O2. The van der Waals surface area contributed by atoms with Crippen LogP contribution < -0.4 is 11.1 Å². The van der Waals surface area contributed by atoms with Crippen LogP contribution in [0, 0.1) is 0 Å². The maximum atomic E-state index is 11.2. The average Bonchev–Trinajstić information content (AvgIpc) is 1.99. The van der Waals surface area contributed by atoms with Crippen LogP contribution in [-0.2, 0) is 9.53 Å². The third-order valence-electron chi connectivity index (χ3n) is 1.52. The van der Waals surface area contributed by atoms with Gasteiger partial charge in [-0.2, -0.15) is 0 Å². The minimum absolute atomic E-state index is 0.0100. The zero-order valence-electron chi connectivity index (χ0n) is 9.59. The second-order valence-corrected chi connectivity index (χ2v) is 4.43. The van der Waals surface area contributed by atoms with Crippen LogP contribution in [0.15, 0.2) is 0 Å². The first-order valence-electron chi connectivity index (χ1n) is 4.98. The van der Waals surface area contributed by atoms with E-state index in [-0.39, 0.29) is 17.6 Å². The lowest BCUT2D eigenvalue weighted by atomic mass is 10.1. The molecular weight excluding hydrogens is 180 g/mol. The summed E-state index contributed by atoms with van der Waals surface area (Å²) in [5, 5.41) is 2.75. The molecule has 0 saturated heterocycles. The molecule has 0 aliphatic rings. The first kappa shape index (κ1) is 13.4. The Morgan fingerprint density at radius 1 is 1.50 bits per heavy atom. The maximum absolute atomic E-state index is 11.2. The van der Waals surface area contributed by atoms with Crippen molar-refractivity contribution in [3.8, 4) is 0 Å². The number of ether oxygens (including phenoxy) is 1. The summed E-state index contributed by atoms with van der Waals surface area (Å²) < 4.78 is 5.25. The van der Waals surface area contributed by atoms with E-state index in [0.29, 0.717) is 19.6 Å². The van der Waals surface area contributed by atoms with Gasteiger partial charge in [0.25, 0.3) is 0 Å². The van der Waals surface area contributed by atoms with Crippen LogP contribution in [0.5, 0.6) is 0 Å². The maximum Gasteiger partial charge on any atom is 0.222 e. The number of nitrogens with one attached hydrogen (secondary N) is 1. The lowest BCUT2D eigenvalue weighted by Crippen LogP contribution is -2.45. The van der Waals surface area contributed by atoms with Gasteiger partial charge in [0.1, 0.15) is 0 Å². The zero-order valence-corrected chi connectivity index (χ0v) is 9.59. The highest BCUT2D eigenvalue weighted by Crippen LogP contribution is 1.94. The summed E-state index contributed by atoms with van der Waals surface area (Å²) in [6, 6.07) is 0. The Kier molecular flexibility index (Phi) is 5.72. The largest absolute Gasteiger partial charge is 0.378 e. The van der Waals surface area contributed by atoms with Crippen LogP contribution in [0.3, 0.4) is 0 Å². The van der Waals surface area contributed by atoms with E-state index in [1.54, 1.807) is 0 Å². The van der Waals surface area contributed by atoms with Crippen molar-refractivity contribution in [2.45, 2.75) is 45.8 Å². The summed E-state index contributed by atoms with van der Waals surface area (Å²) in [7, 11) is 0. The van der Waals surface area contributed by atoms with Gasteiger partial charge in [0.2, 0.25) is 5.91 Å². The van der Waals surface area contributed by atoms with Crippen molar-refractivity contribution >= 4 is 5.91 Å². The fourth-order valence-corrected chi connectivity index (χ4v) is 0.802. The van der Waals surface area contributed by atoms with Crippen LogP contribution in [0.25, 0.3) is 0 Å². The van der Waals surface area contributed by atoms with Crippen molar-refractivity contribution in [2.24, 2.45) is 5.73 Å². The topological polar surface area (TPSA) is 64.3 Å². The number of carbonyl (C=O) groups is 1. The second-order valence-electron chi connectivity index (χ2n) is 4.43. The lowest BCUT2D eigenvalue weighted by molar-refractivity contribution is -0.122. The summed E-state index contributed by atoms with van der Waals surface area (Å²) in [4.78, 5) is 11.2. The van der Waals surface area contributed by atoms with E-state index in [4.69, 9.17) is 10.5 Å². The molecule has 0 heterocycles. The molecule has 0 fully saturated rings. The van der Waals surface area contributed by atoms with Crippen LogP contribution >= 0.6 is 0 Å². The molecule has 4 nitrogen and oxygen atoms in total. The van der Waals surface area contributed by atoms with E-state index in [0.717, 1.165) is 0 Å². The Bertz CT molecular complexity index is 173. The van der Waals surface area contributed by atoms with Crippen LogP contribution in [0.4, 0.5) is 0 Å². The van der Waals surface area contributed by atoms with Gasteiger partial charge in [-0.3, -0.25) is 4.79 Å². The first-order chi connectivity index (χ1) is 6.31. The van der Waals surface area contributed by atoms with Gasteiger partial charge in [0.15, 0.2) is 0 Å². The molecule has 14 heavy (non-hydrogen) atoms. The third kappa shape index (κ3) is 9.48. The van der Waals surface area contributed by atoms with Gasteiger partial charge in [0.05, 0.1) is 12.7 Å². The molecule has 0 rings (SSSR count). The van der Waals surface area contributed by atoms with Crippen molar-refractivity contribution in [1.29, 1.82) is 0 Å². The molecule has 1 amide bonds. The SMILES string of the molecule is CC(C)OCCC(=O)NCC(C)(C)N. The van der Waals surface area contributed by atoms with Gasteiger partial charge >= 0.3 is 0 Å². The Morgan fingerprint density at radius 3 is 2.50 bits per heavy atom. The van der Waals surface area contributed by atoms with Crippen molar-refractivity contribution in [2.75, 3.05) is 13.2 Å². The number of rotatable bonds is 6. The monoisotopic (exact) mass is 202 g/mol. The number of hydrogen-bond donors (Lipinski definition) is 2. The van der Waals surface area contributed by atoms with Crippen molar-refractivity contribution in [3.63, 3.8) is 0 Å². The lowest BCUT2D eigenvalue weighted by Gasteiger charge is -2.18. The summed E-state index contributed by atoms with van der Waals surface area (Å²) >= 11 is 0. The molecule has 0 unspecified atom stereocenters. The second kappa shape index (κ2) is 5.98. The fourth-order valence-electron chi connectivity index (χ4n) is 0.802. The standard InChI is InChI=1S/C10H22N2O2/c1-8(2)14-6-5-9(13)12-7-10(3,4)11/h8H,5-7,11H2,1-4H3,(H,12,13). The van der Waals surface area contributed by atoms with Crippen LogP contribution in [0.2, 0.25) is 0 Å². The molecule has 0 bridgehead atoms. The molecule has 0 aromatic rings. The Morgan fingerprint density at radius 2 is 2.07 bits per heavy atom. The first-order valence-corrected chi connectivity index (χ1v) is 4.98. The smallest absolute Gasteiger partial charge is 0.222 e. The van der Waals surface area contributed by atoms with Gasteiger partial charge in [-0.25, -0.2) is 0 Å². The number of carbonyl (C=O) groups excluding carboxylic acids is 1. The van der Waals surface area contributed by atoms with Crippen molar-refractivity contribution < 1.29 is 9.53 Å². The number of nitrogens with two attached hydrogens (primary N) is 1. The zero-order chi connectivity index (χ0) is 11.2. The van der Waals surface area contributed by atoms with Crippen molar-refractivity contribution in [1.82, 2.24) is 5.32 Å². The predicted octanol–water partition coefficient (Wildman–Crippen LogP) is 0.655. The summed E-state index contributed by atoms with van der Waals surface area (Å²) in [6.45, 7) is 8.60. The van der Waals surface area contributed by atoms with Gasteiger partial charge in [-0.05, 0) is 27.7 Å². The highest BCUT2D eigenvalue weighted by atomic mass is 16.5. The van der Waals surface area contributed by atoms with E-state index in [9.17, 15) is 4.79 Å². The van der Waals surface area contributed by atoms with Gasteiger partial charge < -0.3 is 15.8 Å². The highest BCUT2D eigenvalue weighted by Gasteiger charge is 2.11. The van der Waals surface area contributed by atoms with E-state index in [2.05, 4.69) is 5.32 Å². The van der Waals surface area contributed by atoms with E-state index >= 15 is 0 Å². The molecule has 0 saturated carbocycles. The minimum Gasteiger partial charge on any atom is -0.378 e. The molecule has 3 N–H and O–H groups in total. The predicted molar refractivity (Wildman–Crippen MR) is 57.0 cm³/mol. The Balaban J connectivity index is 3.47. The van der Waals surface area contributed by atoms with E-state index < -0.39 is 0 Å². The van der Waals surface area contributed by atoms with Gasteiger partial charge in [0, 0.05) is 18.5 Å². The van der Waals surface area contributed by atoms with Gasteiger partial charge in [-0.1, -0.05) is 0 Å². The molecule has 0 aliphatic carbocycles.